The van der Waals surface area contributed by atoms with E-state index in [9.17, 15) is 4.79 Å². The second-order valence-corrected chi connectivity index (χ2v) is 5.62. The molecule has 0 saturated heterocycles. The zero-order valence-electron chi connectivity index (χ0n) is 11.5. The Morgan fingerprint density at radius 2 is 1.81 bits per heavy atom. The van der Waals surface area contributed by atoms with Crippen LogP contribution < -0.4 is 0 Å². The molecule has 104 valence electrons. The number of aromatic nitrogens is 2. The summed E-state index contributed by atoms with van der Waals surface area (Å²) in [5.41, 5.74) is 4.27. The molecule has 0 atom stereocenters. The van der Waals surface area contributed by atoms with E-state index in [1.54, 1.807) is 10.9 Å². The molecule has 3 rings (SSSR count). The molecule has 0 radical (unpaired) electrons. The van der Waals surface area contributed by atoms with E-state index in [2.05, 4.69) is 21.0 Å². The topological polar surface area (TPSA) is 34.9 Å². The molecule has 1 aromatic heterocycles. The van der Waals surface area contributed by atoms with Gasteiger partial charge in [0.05, 0.1) is 11.3 Å². The quantitative estimate of drug-likeness (QED) is 0.661. The van der Waals surface area contributed by atoms with Crippen molar-refractivity contribution in [3.05, 3.63) is 70.3 Å². The van der Waals surface area contributed by atoms with Gasteiger partial charge in [-0.25, -0.2) is 4.68 Å². The van der Waals surface area contributed by atoms with Crippen molar-refractivity contribution in [1.82, 2.24) is 9.78 Å². The van der Waals surface area contributed by atoms with Gasteiger partial charge in [0.2, 0.25) is 0 Å². The molecule has 0 unspecified atom stereocenters. The summed E-state index contributed by atoms with van der Waals surface area (Å²) < 4.78 is 2.66. The highest BCUT2D eigenvalue weighted by atomic mass is 79.9. The van der Waals surface area contributed by atoms with Crippen LogP contribution in [0.5, 0.6) is 0 Å². The molecule has 0 spiro atoms. The minimum Gasteiger partial charge on any atom is -0.298 e. The fraction of sp³-hybridized carbons (Fsp3) is 0.0588. The monoisotopic (exact) mass is 340 g/mol. The van der Waals surface area contributed by atoms with Crippen molar-refractivity contribution < 1.29 is 4.79 Å². The highest BCUT2D eigenvalue weighted by Crippen LogP contribution is 2.27. The van der Waals surface area contributed by atoms with Gasteiger partial charge in [0.1, 0.15) is 5.69 Å². The molecule has 0 aliphatic carbocycles. The third-order valence-corrected chi connectivity index (χ3v) is 4.04. The zero-order chi connectivity index (χ0) is 14.8. The van der Waals surface area contributed by atoms with Crippen LogP contribution in [0.2, 0.25) is 0 Å². The lowest BCUT2D eigenvalue weighted by Crippen LogP contribution is -1.96. The average Bonchev–Trinajstić information content (AvgIpc) is 2.92. The Morgan fingerprint density at radius 3 is 2.52 bits per heavy atom. The van der Waals surface area contributed by atoms with E-state index in [1.807, 2.05) is 55.5 Å². The summed E-state index contributed by atoms with van der Waals surface area (Å²) >= 11 is 3.51. The molecular weight excluding hydrogens is 328 g/mol. The highest BCUT2D eigenvalue weighted by molar-refractivity contribution is 9.10. The fourth-order valence-corrected chi connectivity index (χ4v) is 2.75. The number of benzene rings is 2. The molecule has 0 fully saturated rings. The van der Waals surface area contributed by atoms with Gasteiger partial charge < -0.3 is 0 Å². The summed E-state index contributed by atoms with van der Waals surface area (Å²) in [4.78, 5) is 11.4. The van der Waals surface area contributed by atoms with Crippen LogP contribution in [0.3, 0.4) is 0 Å². The number of halogens is 1. The minimum absolute atomic E-state index is 0.583. The molecule has 21 heavy (non-hydrogen) atoms. The molecule has 3 nitrogen and oxygen atoms in total. The van der Waals surface area contributed by atoms with E-state index in [0.29, 0.717) is 11.3 Å². The standard InChI is InChI=1S/C17H13BrN2O/c1-12-6-2-3-7-14(12)17-13(11-21)10-20(19-17)16-9-5-4-8-15(16)18/h2-11H,1H3. The van der Waals surface area contributed by atoms with Crippen LogP contribution in [0.25, 0.3) is 16.9 Å². The lowest BCUT2D eigenvalue weighted by molar-refractivity contribution is 0.112. The van der Waals surface area contributed by atoms with Gasteiger partial charge in [-0.05, 0) is 40.5 Å². The molecule has 4 heteroatoms. The van der Waals surface area contributed by atoms with Crippen molar-refractivity contribution in [3.63, 3.8) is 0 Å². The van der Waals surface area contributed by atoms with Crippen molar-refractivity contribution in [1.29, 1.82) is 0 Å². The van der Waals surface area contributed by atoms with Crippen LogP contribution in [0.1, 0.15) is 15.9 Å². The lowest BCUT2D eigenvalue weighted by Gasteiger charge is -2.04. The number of rotatable bonds is 3. The molecule has 0 aliphatic heterocycles. The molecule has 0 amide bonds. The maximum absolute atomic E-state index is 11.4. The van der Waals surface area contributed by atoms with E-state index in [4.69, 9.17) is 0 Å². The first-order chi connectivity index (χ1) is 10.2. The second-order valence-electron chi connectivity index (χ2n) is 4.76. The average molecular weight is 341 g/mol. The van der Waals surface area contributed by atoms with Gasteiger partial charge in [-0.1, -0.05) is 36.4 Å². The van der Waals surface area contributed by atoms with Gasteiger partial charge in [0.15, 0.2) is 6.29 Å². The highest BCUT2D eigenvalue weighted by Gasteiger charge is 2.14. The molecule has 2 aromatic carbocycles. The number of aryl methyl sites for hydroxylation is 1. The number of carbonyl (C=O) groups excluding carboxylic acids is 1. The largest absolute Gasteiger partial charge is 0.298 e. The van der Waals surface area contributed by atoms with Gasteiger partial charge in [-0.2, -0.15) is 5.10 Å². The predicted molar refractivity (Wildman–Crippen MR) is 86.8 cm³/mol. The lowest BCUT2D eigenvalue weighted by atomic mass is 10.0. The smallest absolute Gasteiger partial charge is 0.153 e. The number of hydrogen-bond donors (Lipinski definition) is 0. The Morgan fingerprint density at radius 1 is 1.10 bits per heavy atom. The first-order valence-corrected chi connectivity index (χ1v) is 7.36. The van der Waals surface area contributed by atoms with E-state index in [-0.39, 0.29) is 0 Å². The first-order valence-electron chi connectivity index (χ1n) is 6.56. The summed E-state index contributed by atoms with van der Waals surface area (Å²) in [5, 5.41) is 4.60. The van der Waals surface area contributed by atoms with Crippen molar-refractivity contribution in [2.24, 2.45) is 0 Å². The molecule has 0 N–H and O–H groups in total. The van der Waals surface area contributed by atoms with Gasteiger partial charge in [0.25, 0.3) is 0 Å². The Kier molecular flexibility index (Phi) is 3.71. The Hall–Kier alpha value is -2.20. The molecule has 1 heterocycles. The van der Waals surface area contributed by atoms with Gasteiger partial charge in [-0.15, -0.1) is 0 Å². The number of hydrogen-bond acceptors (Lipinski definition) is 2. The third kappa shape index (κ3) is 2.54. The number of nitrogens with zero attached hydrogens (tertiary/aromatic N) is 2. The van der Waals surface area contributed by atoms with Crippen LogP contribution in [0, 0.1) is 6.92 Å². The Labute approximate surface area is 131 Å². The van der Waals surface area contributed by atoms with E-state index >= 15 is 0 Å². The number of para-hydroxylation sites is 1. The minimum atomic E-state index is 0.583. The van der Waals surface area contributed by atoms with E-state index < -0.39 is 0 Å². The Balaban J connectivity index is 2.18. The van der Waals surface area contributed by atoms with Crippen LogP contribution in [-0.4, -0.2) is 16.1 Å². The summed E-state index contributed by atoms with van der Waals surface area (Å²) in [6.07, 6.45) is 2.61. The predicted octanol–water partition coefficient (Wildman–Crippen LogP) is 4.42. The molecule has 0 saturated carbocycles. The van der Waals surface area contributed by atoms with Gasteiger partial charge in [0, 0.05) is 16.2 Å². The van der Waals surface area contributed by atoms with Crippen LogP contribution >= 0.6 is 15.9 Å². The number of carbonyl (C=O) groups is 1. The molecular formula is C17H13BrN2O. The molecule has 0 bridgehead atoms. The number of aldehydes is 1. The fourth-order valence-electron chi connectivity index (χ4n) is 2.28. The van der Waals surface area contributed by atoms with Crippen molar-refractivity contribution in [2.45, 2.75) is 6.92 Å². The van der Waals surface area contributed by atoms with Crippen molar-refractivity contribution >= 4 is 22.2 Å². The second kappa shape index (κ2) is 5.66. The molecule has 0 aliphatic rings. The SMILES string of the molecule is Cc1ccccc1-c1nn(-c2ccccc2Br)cc1C=O. The van der Waals surface area contributed by atoms with Gasteiger partial charge in [-0.3, -0.25) is 4.79 Å². The molecule has 3 aromatic rings. The van der Waals surface area contributed by atoms with E-state index in [0.717, 1.165) is 27.6 Å². The van der Waals surface area contributed by atoms with Crippen LogP contribution in [0.4, 0.5) is 0 Å². The summed E-state index contributed by atoms with van der Waals surface area (Å²) in [6.45, 7) is 2.02. The van der Waals surface area contributed by atoms with Gasteiger partial charge >= 0.3 is 0 Å². The maximum atomic E-state index is 11.4. The summed E-state index contributed by atoms with van der Waals surface area (Å²) in [6, 6.07) is 15.7. The zero-order valence-corrected chi connectivity index (χ0v) is 13.0. The normalized spacial score (nSPS) is 10.6. The van der Waals surface area contributed by atoms with Crippen molar-refractivity contribution in [2.75, 3.05) is 0 Å². The van der Waals surface area contributed by atoms with Crippen molar-refractivity contribution in [3.8, 4) is 16.9 Å². The maximum Gasteiger partial charge on any atom is 0.153 e. The summed E-state index contributed by atoms with van der Waals surface area (Å²) in [7, 11) is 0. The summed E-state index contributed by atoms with van der Waals surface area (Å²) in [5.74, 6) is 0. The third-order valence-electron chi connectivity index (χ3n) is 3.37. The van der Waals surface area contributed by atoms with Crippen LogP contribution in [-0.2, 0) is 0 Å². The van der Waals surface area contributed by atoms with E-state index in [1.165, 1.54) is 0 Å². The van der Waals surface area contributed by atoms with Crippen LogP contribution in [0.15, 0.2) is 59.2 Å². The first kappa shape index (κ1) is 13.8. The Bertz CT molecular complexity index is 808.